The fraction of sp³-hybridized carbons (Fsp3) is 0.188. The van der Waals surface area contributed by atoms with Crippen LogP contribution in [0.15, 0.2) is 51.8 Å². The first-order valence-electron chi connectivity index (χ1n) is 6.96. The molecule has 0 heterocycles. The minimum absolute atomic E-state index is 0.0309. The van der Waals surface area contributed by atoms with Crippen molar-refractivity contribution >= 4 is 43.5 Å². The molecule has 0 aliphatic rings. The monoisotopic (exact) mass is 430 g/mol. The molecule has 8 heteroatoms. The summed E-state index contributed by atoms with van der Waals surface area (Å²) >= 11 is 9.43. The van der Waals surface area contributed by atoms with Crippen LogP contribution in [0.2, 0.25) is 5.02 Å². The average molecular weight is 432 g/mol. The van der Waals surface area contributed by atoms with Crippen LogP contribution in [0.3, 0.4) is 0 Å². The van der Waals surface area contributed by atoms with E-state index in [1.54, 1.807) is 42.3 Å². The van der Waals surface area contributed by atoms with Gasteiger partial charge in [0, 0.05) is 11.5 Å². The second-order valence-corrected chi connectivity index (χ2v) is 8.21. The van der Waals surface area contributed by atoms with Gasteiger partial charge in [-0.25, -0.2) is 13.6 Å². The summed E-state index contributed by atoms with van der Waals surface area (Å²) in [5.74, 6) is -0.226. The number of sulfonamides is 1. The highest BCUT2D eigenvalue weighted by Gasteiger charge is 2.21. The zero-order valence-corrected chi connectivity index (χ0v) is 16.2. The van der Waals surface area contributed by atoms with E-state index in [0.29, 0.717) is 10.6 Å². The van der Waals surface area contributed by atoms with Crippen molar-refractivity contribution in [1.82, 2.24) is 4.90 Å². The molecule has 5 nitrogen and oxygen atoms in total. The highest BCUT2D eigenvalue weighted by molar-refractivity contribution is 9.10. The Morgan fingerprint density at radius 1 is 1.21 bits per heavy atom. The van der Waals surface area contributed by atoms with E-state index in [-0.39, 0.29) is 16.8 Å². The molecule has 0 radical (unpaired) electrons. The standard InChI is InChI=1S/C16H16BrClN2O3S/c1-10(11-3-6-13(7-4-11)24(19,22)23)20(2)16(21)14-8-5-12(17)9-15(14)18/h3-10H,1-2H3,(H2,19,22,23). The number of primary sulfonamides is 1. The Labute approximate surface area is 154 Å². The number of carbonyl (C=O) groups excluding carboxylic acids is 1. The zero-order chi connectivity index (χ0) is 18.1. The van der Waals surface area contributed by atoms with Gasteiger partial charge in [-0.05, 0) is 42.8 Å². The SMILES string of the molecule is CC(c1ccc(S(N)(=O)=O)cc1)N(C)C(=O)c1ccc(Br)cc1Cl. The molecule has 1 atom stereocenters. The molecule has 24 heavy (non-hydrogen) atoms. The Bertz CT molecular complexity index is 869. The minimum atomic E-state index is -3.74. The summed E-state index contributed by atoms with van der Waals surface area (Å²) in [4.78, 5) is 14.2. The number of hydrogen-bond acceptors (Lipinski definition) is 3. The molecule has 0 saturated heterocycles. The van der Waals surface area contributed by atoms with E-state index in [4.69, 9.17) is 16.7 Å². The van der Waals surface area contributed by atoms with E-state index in [1.165, 1.54) is 12.1 Å². The summed E-state index contributed by atoms with van der Waals surface area (Å²) in [7, 11) is -2.07. The van der Waals surface area contributed by atoms with Gasteiger partial charge in [0.2, 0.25) is 10.0 Å². The van der Waals surface area contributed by atoms with Crippen LogP contribution in [-0.4, -0.2) is 26.3 Å². The third-order valence-corrected chi connectivity index (χ3v) is 5.49. The molecular formula is C16H16BrClN2O3S. The predicted octanol–water partition coefficient (Wildman–Crippen LogP) is 3.58. The third kappa shape index (κ3) is 4.16. The molecule has 2 N–H and O–H groups in total. The van der Waals surface area contributed by atoms with Crippen LogP contribution in [0, 0.1) is 0 Å². The largest absolute Gasteiger partial charge is 0.335 e. The van der Waals surface area contributed by atoms with Gasteiger partial charge in [-0.2, -0.15) is 0 Å². The van der Waals surface area contributed by atoms with E-state index in [9.17, 15) is 13.2 Å². The maximum absolute atomic E-state index is 12.6. The number of rotatable bonds is 4. The summed E-state index contributed by atoms with van der Waals surface area (Å²) in [6.45, 7) is 1.84. The normalized spacial score (nSPS) is 12.7. The Balaban J connectivity index is 2.25. The first-order valence-corrected chi connectivity index (χ1v) is 9.68. The highest BCUT2D eigenvalue weighted by Crippen LogP contribution is 2.26. The Kier molecular flexibility index (Phi) is 5.70. The fourth-order valence-electron chi connectivity index (χ4n) is 2.19. The van der Waals surface area contributed by atoms with Crippen molar-refractivity contribution < 1.29 is 13.2 Å². The van der Waals surface area contributed by atoms with E-state index in [1.807, 2.05) is 6.92 Å². The lowest BCUT2D eigenvalue weighted by molar-refractivity contribution is 0.0742. The highest BCUT2D eigenvalue weighted by atomic mass is 79.9. The van der Waals surface area contributed by atoms with Crippen LogP contribution in [0.5, 0.6) is 0 Å². The Morgan fingerprint density at radius 3 is 2.29 bits per heavy atom. The average Bonchev–Trinajstić information content (AvgIpc) is 2.52. The van der Waals surface area contributed by atoms with Crippen LogP contribution >= 0.6 is 27.5 Å². The number of hydrogen-bond donors (Lipinski definition) is 1. The summed E-state index contributed by atoms with van der Waals surface area (Å²) in [6, 6.07) is 10.9. The molecule has 2 aromatic carbocycles. The molecule has 2 rings (SSSR count). The molecule has 0 saturated carbocycles. The molecule has 0 aliphatic heterocycles. The maximum Gasteiger partial charge on any atom is 0.255 e. The predicted molar refractivity (Wildman–Crippen MR) is 97.5 cm³/mol. The van der Waals surface area contributed by atoms with Crippen molar-refractivity contribution in [3.8, 4) is 0 Å². The molecule has 0 spiro atoms. The topological polar surface area (TPSA) is 80.5 Å². The maximum atomic E-state index is 12.6. The van der Waals surface area contributed by atoms with Crippen molar-refractivity contribution in [1.29, 1.82) is 0 Å². The number of carbonyl (C=O) groups is 1. The van der Waals surface area contributed by atoms with Crippen molar-refractivity contribution in [2.45, 2.75) is 17.9 Å². The van der Waals surface area contributed by atoms with Crippen molar-refractivity contribution in [3.05, 3.63) is 63.1 Å². The van der Waals surface area contributed by atoms with Crippen molar-refractivity contribution in [2.24, 2.45) is 5.14 Å². The van der Waals surface area contributed by atoms with Gasteiger partial charge >= 0.3 is 0 Å². The van der Waals surface area contributed by atoms with Crippen LogP contribution in [0.25, 0.3) is 0 Å². The van der Waals surface area contributed by atoms with Gasteiger partial charge in [0.05, 0.1) is 21.5 Å². The van der Waals surface area contributed by atoms with Crippen LogP contribution in [-0.2, 0) is 10.0 Å². The second kappa shape index (κ2) is 7.23. The first kappa shape index (κ1) is 18.9. The van der Waals surface area contributed by atoms with E-state index >= 15 is 0 Å². The number of amides is 1. The molecule has 2 aromatic rings. The van der Waals surface area contributed by atoms with E-state index in [0.717, 1.165) is 10.0 Å². The van der Waals surface area contributed by atoms with Gasteiger partial charge in [0.1, 0.15) is 0 Å². The molecule has 1 unspecified atom stereocenters. The summed E-state index contributed by atoms with van der Waals surface area (Å²) in [5, 5.41) is 5.44. The van der Waals surface area contributed by atoms with Gasteiger partial charge < -0.3 is 4.90 Å². The van der Waals surface area contributed by atoms with Crippen molar-refractivity contribution in [2.75, 3.05) is 7.05 Å². The smallest absolute Gasteiger partial charge is 0.255 e. The summed E-state index contributed by atoms with van der Waals surface area (Å²) in [6.07, 6.45) is 0. The van der Waals surface area contributed by atoms with Crippen LogP contribution in [0.4, 0.5) is 0 Å². The molecule has 0 aliphatic carbocycles. The van der Waals surface area contributed by atoms with Gasteiger partial charge in [-0.15, -0.1) is 0 Å². The van der Waals surface area contributed by atoms with Gasteiger partial charge in [-0.3, -0.25) is 4.79 Å². The van der Waals surface area contributed by atoms with Crippen LogP contribution < -0.4 is 5.14 Å². The summed E-state index contributed by atoms with van der Waals surface area (Å²) < 4.78 is 23.4. The molecular weight excluding hydrogens is 416 g/mol. The molecule has 1 amide bonds. The molecule has 0 aromatic heterocycles. The number of benzene rings is 2. The summed E-state index contributed by atoms with van der Waals surface area (Å²) in [5.41, 5.74) is 1.18. The number of halogens is 2. The molecule has 0 fully saturated rings. The van der Waals surface area contributed by atoms with Gasteiger partial charge in [0.15, 0.2) is 0 Å². The Hall–Kier alpha value is -1.41. The lowest BCUT2D eigenvalue weighted by atomic mass is 10.1. The van der Waals surface area contributed by atoms with Gasteiger partial charge in [0.25, 0.3) is 5.91 Å². The lowest BCUT2D eigenvalue weighted by Crippen LogP contribution is -2.30. The van der Waals surface area contributed by atoms with E-state index < -0.39 is 10.0 Å². The second-order valence-electron chi connectivity index (χ2n) is 5.33. The van der Waals surface area contributed by atoms with Crippen LogP contribution in [0.1, 0.15) is 28.9 Å². The number of nitrogens with zero attached hydrogens (tertiary/aromatic N) is 1. The Morgan fingerprint density at radius 2 is 1.79 bits per heavy atom. The minimum Gasteiger partial charge on any atom is -0.335 e. The number of nitrogens with two attached hydrogens (primary N) is 1. The quantitative estimate of drug-likeness (QED) is 0.803. The third-order valence-electron chi connectivity index (χ3n) is 3.75. The zero-order valence-electron chi connectivity index (χ0n) is 13.0. The molecule has 0 bridgehead atoms. The van der Waals surface area contributed by atoms with Gasteiger partial charge in [-0.1, -0.05) is 39.7 Å². The fourth-order valence-corrected chi connectivity index (χ4v) is 3.46. The van der Waals surface area contributed by atoms with Crippen molar-refractivity contribution in [3.63, 3.8) is 0 Å². The molecule has 128 valence electrons. The lowest BCUT2D eigenvalue weighted by Gasteiger charge is -2.26. The van der Waals surface area contributed by atoms with E-state index in [2.05, 4.69) is 15.9 Å². The first-order chi connectivity index (χ1) is 11.1.